The minimum absolute atomic E-state index is 0.448. The maximum absolute atomic E-state index is 5.24. The first-order chi connectivity index (χ1) is 4.16. The van der Waals surface area contributed by atoms with Crippen LogP contribution in [-0.2, 0) is 0 Å². The molecule has 0 rings (SSSR count). The molecule has 0 aromatic heterocycles. The molecule has 0 unspecified atom stereocenters. The molecule has 2 N–H and O–H groups in total. The molecule has 0 saturated carbocycles. The van der Waals surface area contributed by atoms with Crippen molar-refractivity contribution in [2.75, 3.05) is 6.54 Å². The Morgan fingerprint density at radius 3 is 2.67 bits per heavy atom. The highest BCUT2D eigenvalue weighted by Gasteiger charge is 1.85. The molecule has 52 valence electrons. The van der Waals surface area contributed by atoms with Crippen molar-refractivity contribution < 1.29 is 0 Å². The molecule has 0 saturated heterocycles. The summed E-state index contributed by atoms with van der Waals surface area (Å²) in [7, 11) is 0. The summed E-state index contributed by atoms with van der Waals surface area (Å²) < 4.78 is 0. The minimum Gasteiger partial charge on any atom is -0.325 e. The maximum Gasteiger partial charge on any atom is 0.0464 e. The van der Waals surface area contributed by atoms with Crippen molar-refractivity contribution in [3.8, 4) is 0 Å². The van der Waals surface area contributed by atoms with Gasteiger partial charge in [0, 0.05) is 18.5 Å². The van der Waals surface area contributed by atoms with Gasteiger partial charge >= 0.3 is 0 Å². The van der Waals surface area contributed by atoms with E-state index < -0.39 is 0 Å². The fourth-order valence-electron chi connectivity index (χ4n) is 0.307. The Morgan fingerprint density at radius 2 is 2.33 bits per heavy atom. The third kappa shape index (κ3) is 5.24. The van der Waals surface area contributed by atoms with Gasteiger partial charge in [-0.05, 0) is 5.92 Å². The summed E-state index contributed by atoms with van der Waals surface area (Å²) in [6, 6.07) is 0. The molecule has 0 fully saturated rings. The smallest absolute Gasteiger partial charge is 0.0464 e. The van der Waals surface area contributed by atoms with E-state index in [2.05, 4.69) is 25.4 Å². The Morgan fingerprint density at radius 1 is 1.78 bits per heavy atom. The van der Waals surface area contributed by atoms with Crippen LogP contribution in [0.1, 0.15) is 13.8 Å². The van der Waals surface area contributed by atoms with Crippen LogP contribution in [0.25, 0.3) is 0 Å². The summed E-state index contributed by atoms with van der Waals surface area (Å²) >= 11 is 0. The molecule has 0 spiro atoms. The van der Waals surface area contributed by atoms with Gasteiger partial charge < -0.3 is 5.73 Å². The van der Waals surface area contributed by atoms with Crippen molar-refractivity contribution in [1.82, 2.24) is 0 Å². The van der Waals surface area contributed by atoms with Crippen LogP contribution in [0.15, 0.2) is 17.3 Å². The van der Waals surface area contributed by atoms with Gasteiger partial charge in [0.1, 0.15) is 0 Å². The first-order valence-electron chi connectivity index (χ1n) is 3.09. The van der Waals surface area contributed by atoms with E-state index in [1.165, 1.54) is 0 Å². The lowest BCUT2D eigenvalue weighted by Gasteiger charge is -1.93. The minimum atomic E-state index is 0.448. The van der Waals surface area contributed by atoms with Gasteiger partial charge in [-0.2, -0.15) is 0 Å². The highest BCUT2D eigenvalue weighted by molar-refractivity contribution is 5.61. The average molecular weight is 126 g/mol. The molecule has 0 atom stereocenters. The highest BCUT2D eigenvalue weighted by atomic mass is 14.8. The Hall–Kier alpha value is -0.630. The lowest BCUT2D eigenvalue weighted by molar-refractivity contribution is 0.902. The van der Waals surface area contributed by atoms with Crippen molar-refractivity contribution in [2.24, 2.45) is 16.6 Å². The molecular formula is C7H14N2. The Balaban J connectivity index is 3.57. The van der Waals surface area contributed by atoms with E-state index in [0.717, 1.165) is 5.70 Å². The molecule has 0 aromatic rings. The monoisotopic (exact) mass is 126 g/mol. The van der Waals surface area contributed by atoms with Gasteiger partial charge in [-0.25, -0.2) is 0 Å². The number of nitrogens with two attached hydrogens (primary N) is 1. The van der Waals surface area contributed by atoms with Crippen molar-refractivity contribution in [2.45, 2.75) is 13.8 Å². The number of nitrogens with zero attached hydrogens (tertiary/aromatic N) is 1. The quantitative estimate of drug-likeness (QED) is 0.567. The lowest BCUT2D eigenvalue weighted by atomic mass is 10.2. The van der Waals surface area contributed by atoms with Crippen LogP contribution in [0.4, 0.5) is 0 Å². The molecule has 2 heteroatoms. The Kier molecular flexibility index (Phi) is 3.97. The Labute approximate surface area is 56.5 Å². The zero-order chi connectivity index (χ0) is 7.28. The lowest BCUT2D eigenvalue weighted by Crippen LogP contribution is -2.00. The highest BCUT2D eigenvalue weighted by Crippen LogP contribution is 1.90. The van der Waals surface area contributed by atoms with Gasteiger partial charge in [-0.3, -0.25) is 4.99 Å². The molecular weight excluding hydrogens is 112 g/mol. The van der Waals surface area contributed by atoms with Crippen molar-refractivity contribution in [3.63, 3.8) is 0 Å². The summed E-state index contributed by atoms with van der Waals surface area (Å²) in [5.74, 6) is 0.480. The third-order valence-electron chi connectivity index (χ3n) is 0.791. The molecule has 0 aliphatic carbocycles. The number of rotatable bonds is 3. The fraction of sp³-hybridized carbons (Fsp3) is 0.571. The summed E-state index contributed by atoms with van der Waals surface area (Å²) in [4.78, 5) is 4.00. The fourth-order valence-corrected chi connectivity index (χ4v) is 0.307. The normalized spacial score (nSPS) is 11.1. The van der Waals surface area contributed by atoms with E-state index >= 15 is 0 Å². The standard InChI is InChI=1S/C7H14N2/c1-6(2)5-9-7(3)4-8/h5-6H,3-4,8H2,1-2H3. The van der Waals surface area contributed by atoms with Crippen LogP contribution in [0.5, 0.6) is 0 Å². The van der Waals surface area contributed by atoms with Gasteiger partial charge in [-0.1, -0.05) is 20.4 Å². The zero-order valence-electron chi connectivity index (χ0n) is 6.09. The topological polar surface area (TPSA) is 38.4 Å². The SMILES string of the molecule is C=C(CN)N=CC(C)C. The van der Waals surface area contributed by atoms with E-state index in [4.69, 9.17) is 5.73 Å². The van der Waals surface area contributed by atoms with Crippen molar-refractivity contribution in [3.05, 3.63) is 12.3 Å². The van der Waals surface area contributed by atoms with Crippen molar-refractivity contribution >= 4 is 6.21 Å². The second-order valence-corrected chi connectivity index (χ2v) is 2.29. The number of hydrogen-bond donors (Lipinski definition) is 1. The van der Waals surface area contributed by atoms with Gasteiger partial charge in [0.05, 0.1) is 0 Å². The van der Waals surface area contributed by atoms with Gasteiger partial charge in [-0.15, -0.1) is 0 Å². The van der Waals surface area contributed by atoms with Crippen LogP contribution in [0, 0.1) is 5.92 Å². The second kappa shape index (κ2) is 4.27. The van der Waals surface area contributed by atoms with E-state index in [-0.39, 0.29) is 0 Å². The van der Waals surface area contributed by atoms with Crippen LogP contribution < -0.4 is 5.73 Å². The largest absolute Gasteiger partial charge is 0.325 e. The van der Waals surface area contributed by atoms with Crippen LogP contribution in [0.2, 0.25) is 0 Å². The molecule has 9 heavy (non-hydrogen) atoms. The number of aliphatic imine (C=N–C) groups is 1. The van der Waals surface area contributed by atoms with Crippen molar-refractivity contribution in [1.29, 1.82) is 0 Å². The molecule has 0 bridgehead atoms. The van der Waals surface area contributed by atoms with Gasteiger partial charge in [0.25, 0.3) is 0 Å². The summed E-state index contributed by atoms with van der Waals surface area (Å²) in [5.41, 5.74) is 5.98. The molecule has 0 radical (unpaired) electrons. The second-order valence-electron chi connectivity index (χ2n) is 2.29. The predicted molar refractivity (Wildman–Crippen MR) is 41.5 cm³/mol. The van der Waals surface area contributed by atoms with E-state index in [1.54, 1.807) is 0 Å². The van der Waals surface area contributed by atoms with Crippen LogP contribution in [-0.4, -0.2) is 12.8 Å². The average Bonchev–Trinajstić information content (AvgIpc) is 1.83. The van der Waals surface area contributed by atoms with E-state index in [0.29, 0.717) is 12.5 Å². The van der Waals surface area contributed by atoms with Crippen LogP contribution in [0.3, 0.4) is 0 Å². The zero-order valence-corrected chi connectivity index (χ0v) is 6.09. The van der Waals surface area contributed by atoms with E-state index in [9.17, 15) is 0 Å². The first kappa shape index (κ1) is 8.37. The van der Waals surface area contributed by atoms with Gasteiger partial charge in [0.15, 0.2) is 0 Å². The van der Waals surface area contributed by atoms with Crippen LogP contribution >= 0.6 is 0 Å². The van der Waals surface area contributed by atoms with E-state index in [1.807, 2.05) is 6.21 Å². The first-order valence-corrected chi connectivity index (χ1v) is 3.09. The molecule has 0 aliphatic heterocycles. The Bertz CT molecular complexity index is 114. The molecule has 0 aliphatic rings. The third-order valence-corrected chi connectivity index (χ3v) is 0.791. The molecule has 0 aromatic carbocycles. The molecule has 0 amide bonds. The molecule has 2 nitrogen and oxygen atoms in total. The molecule has 0 heterocycles. The summed E-state index contributed by atoms with van der Waals surface area (Å²) in [6.45, 7) is 8.20. The summed E-state index contributed by atoms with van der Waals surface area (Å²) in [5, 5.41) is 0. The van der Waals surface area contributed by atoms with Gasteiger partial charge in [0.2, 0.25) is 0 Å². The predicted octanol–water partition coefficient (Wildman–Crippen LogP) is 1.19. The summed E-state index contributed by atoms with van der Waals surface area (Å²) in [6.07, 6.45) is 1.84. The maximum atomic E-state index is 5.24. The number of hydrogen-bond acceptors (Lipinski definition) is 2.